The van der Waals surface area contributed by atoms with E-state index in [0.717, 1.165) is 6.42 Å². The lowest BCUT2D eigenvalue weighted by Crippen LogP contribution is -1.93. The van der Waals surface area contributed by atoms with Gasteiger partial charge in [-0.25, -0.2) is 0 Å². The summed E-state index contributed by atoms with van der Waals surface area (Å²) in [6.07, 6.45) is 0.745. The predicted octanol–water partition coefficient (Wildman–Crippen LogP) is -1.28. The molecular formula is C8H22O5. The van der Waals surface area contributed by atoms with Crippen LogP contribution in [-0.2, 0) is 0 Å². The Hall–Kier alpha value is -0.200. The van der Waals surface area contributed by atoms with Gasteiger partial charge in [-0.3, -0.25) is 0 Å². The van der Waals surface area contributed by atoms with E-state index in [1.165, 1.54) is 0 Å². The molecule has 0 bridgehead atoms. The molecule has 0 aromatic rings. The van der Waals surface area contributed by atoms with Crippen LogP contribution in [0.25, 0.3) is 0 Å². The van der Waals surface area contributed by atoms with Crippen LogP contribution in [0.15, 0.2) is 0 Å². The van der Waals surface area contributed by atoms with Crippen LogP contribution in [0.3, 0.4) is 0 Å². The molecule has 84 valence electrons. The Morgan fingerprint density at radius 1 is 0.846 bits per heavy atom. The maximum atomic E-state index is 8.36. The summed E-state index contributed by atoms with van der Waals surface area (Å²) >= 11 is 0. The molecule has 0 spiro atoms. The second-order valence-electron chi connectivity index (χ2n) is 2.15. The fraction of sp³-hybridized carbons (Fsp3) is 1.00. The van der Waals surface area contributed by atoms with Crippen molar-refractivity contribution in [2.45, 2.75) is 26.4 Å². The lowest BCUT2D eigenvalue weighted by molar-refractivity contribution is 0.186. The molecular weight excluding hydrogens is 176 g/mol. The van der Waals surface area contributed by atoms with Gasteiger partial charge in [0.05, 0.1) is 32.5 Å². The molecule has 5 nitrogen and oxygen atoms in total. The second kappa shape index (κ2) is 22.6. The van der Waals surface area contributed by atoms with E-state index in [9.17, 15) is 0 Å². The van der Waals surface area contributed by atoms with Gasteiger partial charge in [-0.2, -0.15) is 0 Å². The van der Waals surface area contributed by atoms with E-state index in [1.54, 1.807) is 6.92 Å². The van der Waals surface area contributed by atoms with Gasteiger partial charge in [0.25, 0.3) is 0 Å². The molecule has 0 saturated heterocycles. The Balaban J connectivity index is -0.000000117. The highest BCUT2D eigenvalue weighted by Crippen LogP contribution is 1.81. The third-order valence-electron chi connectivity index (χ3n) is 0.791. The first-order valence-corrected chi connectivity index (χ1v) is 4.22. The van der Waals surface area contributed by atoms with Crippen LogP contribution in [0.4, 0.5) is 0 Å². The lowest BCUT2D eigenvalue weighted by atomic mass is 10.3. The highest BCUT2D eigenvalue weighted by Gasteiger charge is 1.81. The normalized spacial score (nSPS) is 10.4. The van der Waals surface area contributed by atoms with E-state index in [0.29, 0.717) is 0 Å². The van der Waals surface area contributed by atoms with Crippen molar-refractivity contribution < 1.29 is 25.5 Å². The summed E-state index contributed by atoms with van der Waals surface area (Å²) < 4.78 is 0. The number of aliphatic hydroxyl groups is 5. The summed E-state index contributed by atoms with van der Waals surface area (Å²) in [5, 5.41) is 38.9. The van der Waals surface area contributed by atoms with E-state index in [4.69, 9.17) is 25.5 Å². The van der Waals surface area contributed by atoms with Crippen LogP contribution in [0.2, 0.25) is 0 Å². The highest BCUT2D eigenvalue weighted by atomic mass is 16.3. The third-order valence-corrected chi connectivity index (χ3v) is 0.791. The molecule has 13 heavy (non-hydrogen) atoms. The number of aliphatic hydroxyl groups excluding tert-OH is 5. The molecule has 1 atom stereocenters. The Kier molecular flexibility index (Phi) is 32.3. The molecule has 0 saturated carbocycles. The van der Waals surface area contributed by atoms with Crippen molar-refractivity contribution in [1.29, 1.82) is 0 Å². The fourth-order valence-corrected chi connectivity index (χ4v) is 0. The van der Waals surface area contributed by atoms with E-state index in [-0.39, 0.29) is 32.5 Å². The first kappa shape index (κ1) is 18.6. The Bertz CT molecular complexity index is 50.5. The maximum absolute atomic E-state index is 8.36. The average molecular weight is 198 g/mol. The lowest BCUT2D eigenvalue weighted by Gasteiger charge is -1.90. The molecule has 0 radical (unpaired) electrons. The van der Waals surface area contributed by atoms with Crippen LogP contribution in [0, 0.1) is 0 Å². The van der Waals surface area contributed by atoms with Crippen LogP contribution >= 0.6 is 0 Å². The molecule has 0 aliphatic rings. The van der Waals surface area contributed by atoms with E-state index in [2.05, 4.69) is 0 Å². The fourth-order valence-electron chi connectivity index (χ4n) is 0. The molecule has 0 aromatic heterocycles. The smallest absolute Gasteiger partial charge is 0.0662 e. The quantitative estimate of drug-likeness (QED) is 0.389. The predicted molar refractivity (Wildman–Crippen MR) is 50.3 cm³/mol. The van der Waals surface area contributed by atoms with Gasteiger partial charge >= 0.3 is 0 Å². The minimum absolute atomic E-state index is 0.116. The van der Waals surface area contributed by atoms with Crippen molar-refractivity contribution in [3.63, 3.8) is 0 Å². The van der Waals surface area contributed by atoms with Crippen LogP contribution in [0.1, 0.15) is 20.3 Å². The van der Waals surface area contributed by atoms with Crippen molar-refractivity contribution >= 4 is 0 Å². The topological polar surface area (TPSA) is 101 Å². The molecule has 0 aliphatic carbocycles. The molecule has 0 amide bonds. The molecule has 5 N–H and O–H groups in total. The summed E-state index contributed by atoms with van der Waals surface area (Å²) in [5.74, 6) is 0. The molecule has 0 aromatic carbocycles. The van der Waals surface area contributed by atoms with Gasteiger partial charge in [0.15, 0.2) is 0 Å². The number of hydrogen-bond donors (Lipinski definition) is 5. The summed E-state index contributed by atoms with van der Waals surface area (Å²) in [7, 11) is 0. The van der Waals surface area contributed by atoms with Crippen molar-refractivity contribution in [3.8, 4) is 0 Å². The van der Waals surface area contributed by atoms with Gasteiger partial charge in [-0.05, 0) is 13.3 Å². The Morgan fingerprint density at radius 3 is 1.00 bits per heavy atom. The van der Waals surface area contributed by atoms with Crippen LogP contribution in [0.5, 0.6) is 0 Å². The minimum Gasteiger partial charge on any atom is -0.394 e. The second-order valence-corrected chi connectivity index (χ2v) is 2.15. The first-order valence-electron chi connectivity index (χ1n) is 4.22. The molecule has 5 heteroatoms. The zero-order valence-electron chi connectivity index (χ0n) is 8.35. The maximum Gasteiger partial charge on any atom is 0.0662 e. The summed E-state index contributed by atoms with van der Waals surface area (Å²) in [4.78, 5) is 0. The van der Waals surface area contributed by atoms with Gasteiger partial charge in [-0.1, -0.05) is 6.92 Å². The van der Waals surface area contributed by atoms with Gasteiger partial charge < -0.3 is 25.5 Å². The van der Waals surface area contributed by atoms with Crippen LogP contribution in [-0.4, -0.2) is 58.1 Å². The van der Waals surface area contributed by atoms with E-state index >= 15 is 0 Å². The monoisotopic (exact) mass is 198 g/mol. The molecule has 0 rings (SSSR count). The minimum atomic E-state index is -0.125. The molecule has 1 unspecified atom stereocenters. The van der Waals surface area contributed by atoms with Crippen molar-refractivity contribution in [2.24, 2.45) is 0 Å². The summed E-state index contributed by atoms with van der Waals surface area (Å²) in [5.41, 5.74) is 0. The number of hydrogen-bond acceptors (Lipinski definition) is 5. The average Bonchev–Trinajstić information content (AvgIpc) is 2.18. The van der Waals surface area contributed by atoms with Crippen molar-refractivity contribution in [2.75, 3.05) is 26.4 Å². The van der Waals surface area contributed by atoms with Gasteiger partial charge in [0, 0.05) is 0 Å². The zero-order chi connectivity index (χ0) is 11.1. The standard InChI is InChI=1S/C4H10O.2C2H6O2/c1-3-4(2)5;2*3-1-2-4/h4-5H,3H2,1-2H3;2*3-4H,1-2H2. The van der Waals surface area contributed by atoms with E-state index in [1.807, 2.05) is 6.92 Å². The van der Waals surface area contributed by atoms with Gasteiger partial charge in [0.2, 0.25) is 0 Å². The van der Waals surface area contributed by atoms with E-state index < -0.39 is 0 Å². The Labute approximate surface area is 79.3 Å². The van der Waals surface area contributed by atoms with Gasteiger partial charge in [0.1, 0.15) is 0 Å². The SMILES string of the molecule is CCC(C)O.OCCO.OCCO. The summed E-state index contributed by atoms with van der Waals surface area (Å²) in [6, 6.07) is 0. The van der Waals surface area contributed by atoms with Crippen molar-refractivity contribution in [3.05, 3.63) is 0 Å². The highest BCUT2D eigenvalue weighted by molar-refractivity contribution is 4.34. The first-order chi connectivity index (χ1) is 6.10. The zero-order valence-corrected chi connectivity index (χ0v) is 8.35. The van der Waals surface area contributed by atoms with Crippen molar-refractivity contribution in [1.82, 2.24) is 0 Å². The number of rotatable bonds is 3. The van der Waals surface area contributed by atoms with Crippen LogP contribution < -0.4 is 0 Å². The Morgan fingerprint density at radius 2 is 1.00 bits per heavy atom. The largest absolute Gasteiger partial charge is 0.394 e. The third kappa shape index (κ3) is 78.5. The molecule has 0 fully saturated rings. The molecule has 0 heterocycles. The molecule has 0 aliphatic heterocycles. The van der Waals surface area contributed by atoms with Gasteiger partial charge in [-0.15, -0.1) is 0 Å². The summed E-state index contributed by atoms with van der Waals surface area (Å²) in [6.45, 7) is 3.23.